The number of hydrogen-bond acceptors (Lipinski definition) is 4. The molecule has 0 unspecified atom stereocenters. The molecule has 0 saturated heterocycles. The van der Waals surface area contributed by atoms with Crippen molar-refractivity contribution in [3.05, 3.63) is 47.1 Å². The van der Waals surface area contributed by atoms with Crippen LogP contribution in [0.3, 0.4) is 0 Å². The van der Waals surface area contributed by atoms with Gasteiger partial charge < -0.3 is 10.4 Å². The van der Waals surface area contributed by atoms with Crippen molar-refractivity contribution in [1.29, 1.82) is 0 Å². The van der Waals surface area contributed by atoms with Crippen LogP contribution in [-0.2, 0) is 0 Å². The molecule has 25 heavy (non-hydrogen) atoms. The Hall–Kier alpha value is -2.67. The third-order valence-electron chi connectivity index (χ3n) is 4.56. The molecule has 1 aliphatic carbocycles. The number of carbonyl (C=O) groups excluding carboxylic acids is 1. The standard InChI is InChI=1S/C18H17N3O3S/c22-17(14-7-8-19-21(14)13-3-1-2-4-13)20-12-5-6-15-11(9-12)10-16(25-15)18(23)24/h5-10,13H,1-4H2,(H,20,22)(H,23,24). The van der Waals surface area contributed by atoms with Crippen molar-refractivity contribution in [3.63, 3.8) is 0 Å². The minimum atomic E-state index is -0.938. The van der Waals surface area contributed by atoms with E-state index in [2.05, 4.69) is 10.4 Å². The number of benzene rings is 1. The molecule has 2 aromatic heterocycles. The van der Waals surface area contributed by atoms with E-state index >= 15 is 0 Å². The predicted octanol–water partition coefficient (Wildman–Crippen LogP) is 4.16. The maximum atomic E-state index is 12.6. The van der Waals surface area contributed by atoms with E-state index in [4.69, 9.17) is 5.11 Å². The first-order valence-electron chi connectivity index (χ1n) is 8.23. The number of carboxylic acid groups (broad SMARTS) is 1. The lowest BCUT2D eigenvalue weighted by Gasteiger charge is -2.14. The lowest BCUT2D eigenvalue weighted by Crippen LogP contribution is -2.20. The SMILES string of the molecule is O=C(O)c1cc2cc(NC(=O)c3ccnn3C3CCCC3)ccc2s1. The maximum absolute atomic E-state index is 12.6. The van der Waals surface area contributed by atoms with E-state index in [1.165, 1.54) is 24.2 Å². The molecule has 0 radical (unpaired) electrons. The Morgan fingerprint density at radius 1 is 1.20 bits per heavy atom. The highest BCUT2D eigenvalue weighted by molar-refractivity contribution is 7.20. The predicted molar refractivity (Wildman–Crippen MR) is 96.5 cm³/mol. The van der Waals surface area contributed by atoms with Gasteiger partial charge in [-0.3, -0.25) is 9.48 Å². The zero-order chi connectivity index (χ0) is 17.4. The van der Waals surface area contributed by atoms with Gasteiger partial charge in [-0.25, -0.2) is 4.79 Å². The van der Waals surface area contributed by atoms with Gasteiger partial charge in [0.2, 0.25) is 0 Å². The zero-order valence-electron chi connectivity index (χ0n) is 13.4. The van der Waals surface area contributed by atoms with Gasteiger partial charge in [0.25, 0.3) is 5.91 Å². The Morgan fingerprint density at radius 2 is 2.00 bits per heavy atom. The van der Waals surface area contributed by atoms with Crippen LogP contribution in [0.15, 0.2) is 36.5 Å². The molecule has 0 aliphatic heterocycles. The van der Waals surface area contributed by atoms with E-state index in [0.717, 1.165) is 22.9 Å². The fourth-order valence-electron chi connectivity index (χ4n) is 3.36. The van der Waals surface area contributed by atoms with E-state index in [9.17, 15) is 9.59 Å². The second-order valence-corrected chi connectivity index (χ2v) is 7.31. The van der Waals surface area contributed by atoms with Crippen LogP contribution in [0.5, 0.6) is 0 Å². The molecule has 2 N–H and O–H groups in total. The highest BCUT2D eigenvalue weighted by Gasteiger charge is 2.22. The fraction of sp³-hybridized carbons (Fsp3) is 0.278. The number of thiophene rings is 1. The number of amides is 1. The molecular weight excluding hydrogens is 338 g/mol. The van der Waals surface area contributed by atoms with Crippen molar-refractivity contribution in [1.82, 2.24) is 9.78 Å². The van der Waals surface area contributed by atoms with Crippen molar-refractivity contribution in [3.8, 4) is 0 Å². The Bertz CT molecular complexity index is 954. The highest BCUT2D eigenvalue weighted by atomic mass is 32.1. The smallest absolute Gasteiger partial charge is 0.345 e. The van der Waals surface area contributed by atoms with E-state index in [1.807, 2.05) is 10.7 Å². The number of fused-ring (bicyclic) bond motifs is 1. The van der Waals surface area contributed by atoms with Crippen LogP contribution < -0.4 is 5.32 Å². The summed E-state index contributed by atoms with van der Waals surface area (Å²) in [6.07, 6.45) is 6.12. The molecule has 1 amide bonds. The summed E-state index contributed by atoms with van der Waals surface area (Å²) in [4.78, 5) is 24.0. The molecule has 0 spiro atoms. The number of rotatable bonds is 4. The van der Waals surface area contributed by atoms with E-state index < -0.39 is 5.97 Å². The van der Waals surface area contributed by atoms with Crippen LogP contribution in [0.2, 0.25) is 0 Å². The summed E-state index contributed by atoms with van der Waals surface area (Å²) in [5.41, 5.74) is 1.20. The minimum Gasteiger partial charge on any atom is -0.477 e. The lowest BCUT2D eigenvalue weighted by molar-refractivity contribution is 0.0702. The molecule has 7 heteroatoms. The molecule has 2 heterocycles. The summed E-state index contributed by atoms with van der Waals surface area (Å²) in [5, 5.41) is 17.1. The fourth-order valence-corrected chi connectivity index (χ4v) is 4.24. The van der Waals surface area contributed by atoms with Crippen LogP contribution in [-0.4, -0.2) is 26.8 Å². The van der Waals surface area contributed by atoms with E-state index in [-0.39, 0.29) is 10.8 Å². The number of nitrogens with one attached hydrogen (secondary N) is 1. The molecule has 1 fully saturated rings. The molecule has 128 valence electrons. The Balaban J connectivity index is 1.57. The molecule has 3 aromatic rings. The molecule has 0 bridgehead atoms. The lowest BCUT2D eigenvalue weighted by atomic mass is 10.2. The zero-order valence-corrected chi connectivity index (χ0v) is 14.3. The Morgan fingerprint density at radius 3 is 2.76 bits per heavy atom. The van der Waals surface area contributed by atoms with Crippen LogP contribution in [0.4, 0.5) is 5.69 Å². The van der Waals surface area contributed by atoms with Crippen molar-refractivity contribution in [2.24, 2.45) is 0 Å². The molecule has 6 nitrogen and oxygen atoms in total. The van der Waals surface area contributed by atoms with Gasteiger partial charge in [-0.15, -0.1) is 11.3 Å². The van der Waals surface area contributed by atoms with E-state index in [1.54, 1.807) is 30.5 Å². The molecule has 4 rings (SSSR count). The normalized spacial score (nSPS) is 14.9. The second kappa shape index (κ2) is 6.33. The van der Waals surface area contributed by atoms with Crippen molar-refractivity contribution >= 4 is 39.0 Å². The number of aromatic nitrogens is 2. The van der Waals surface area contributed by atoms with Gasteiger partial charge in [-0.1, -0.05) is 12.8 Å². The summed E-state index contributed by atoms with van der Waals surface area (Å²) in [6.45, 7) is 0. The minimum absolute atomic E-state index is 0.197. The van der Waals surface area contributed by atoms with Crippen LogP contribution >= 0.6 is 11.3 Å². The number of carboxylic acids is 1. The number of nitrogens with zero attached hydrogens (tertiary/aromatic N) is 2. The van der Waals surface area contributed by atoms with Gasteiger partial charge in [0.1, 0.15) is 10.6 Å². The van der Waals surface area contributed by atoms with Crippen LogP contribution in [0, 0.1) is 0 Å². The summed E-state index contributed by atoms with van der Waals surface area (Å²) in [7, 11) is 0. The van der Waals surface area contributed by atoms with Gasteiger partial charge >= 0.3 is 5.97 Å². The Kier molecular flexibility index (Phi) is 4.01. The molecule has 1 saturated carbocycles. The quantitative estimate of drug-likeness (QED) is 0.736. The summed E-state index contributed by atoms with van der Waals surface area (Å²) < 4.78 is 2.71. The molecule has 1 aromatic carbocycles. The number of aromatic carboxylic acids is 1. The highest BCUT2D eigenvalue weighted by Crippen LogP contribution is 2.31. The van der Waals surface area contributed by atoms with Gasteiger partial charge in [0.05, 0.1) is 6.04 Å². The largest absolute Gasteiger partial charge is 0.477 e. The number of anilines is 1. The first kappa shape index (κ1) is 15.8. The summed E-state index contributed by atoms with van der Waals surface area (Å²) >= 11 is 1.22. The van der Waals surface area contributed by atoms with Crippen molar-refractivity contribution in [2.75, 3.05) is 5.32 Å². The molecule has 0 atom stereocenters. The topological polar surface area (TPSA) is 84.2 Å². The maximum Gasteiger partial charge on any atom is 0.345 e. The third kappa shape index (κ3) is 3.02. The first-order valence-corrected chi connectivity index (χ1v) is 9.05. The average Bonchev–Trinajstić information content (AvgIpc) is 3.32. The molecule has 1 aliphatic rings. The van der Waals surface area contributed by atoms with E-state index in [0.29, 0.717) is 17.4 Å². The van der Waals surface area contributed by atoms with Gasteiger partial charge in [-0.2, -0.15) is 5.10 Å². The van der Waals surface area contributed by atoms with Crippen molar-refractivity contribution in [2.45, 2.75) is 31.7 Å². The Labute approximate surface area is 148 Å². The van der Waals surface area contributed by atoms with Gasteiger partial charge in [0.15, 0.2) is 0 Å². The molecular formula is C18H17N3O3S. The van der Waals surface area contributed by atoms with Crippen LogP contribution in [0.1, 0.15) is 51.9 Å². The van der Waals surface area contributed by atoms with Crippen LogP contribution in [0.25, 0.3) is 10.1 Å². The van der Waals surface area contributed by atoms with Gasteiger partial charge in [0, 0.05) is 16.6 Å². The summed E-state index contributed by atoms with van der Waals surface area (Å²) in [5.74, 6) is -1.13. The number of carbonyl (C=O) groups is 2. The van der Waals surface area contributed by atoms with Crippen molar-refractivity contribution < 1.29 is 14.7 Å². The van der Waals surface area contributed by atoms with Gasteiger partial charge in [-0.05, 0) is 48.6 Å². The third-order valence-corrected chi connectivity index (χ3v) is 5.66. The summed E-state index contributed by atoms with van der Waals surface area (Å²) in [6, 6.07) is 9.08. The monoisotopic (exact) mass is 355 g/mol. The average molecular weight is 355 g/mol. The first-order chi connectivity index (χ1) is 12.1. The number of hydrogen-bond donors (Lipinski definition) is 2. The second-order valence-electron chi connectivity index (χ2n) is 6.22.